The van der Waals surface area contributed by atoms with Gasteiger partial charge >= 0.3 is 0 Å². The van der Waals surface area contributed by atoms with Gasteiger partial charge in [-0.1, -0.05) is 36.4 Å². The van der Waals surface area contributed by atoms with Crippen LogP contribution in [0, 0.1) is 11.3 Å². The summed E-state index contributed by atoms with van der Waals surface area (Å²) in [4.78, 5) is 0. The van der Waals surface area contributed by atoms with Gasteiger partial charge in [-0.25, -0.2) is 0 Å². The average molecular weight is 415 g/mol. The first-order valence-electron chi connectivity index (χ1n) is 10.0. The molecule has 0 amide bonds. The lowest BCUT2D eigenvalue weighted by Crippen LogP contribution is -2.07. The first kappa shape index (κ1) is 21.7. The normalized spacial score (nSPS) is 10.5. The van der Waals surface area contributed by atoms with Crippen LogP contribution in [0.2, 0.25) is 0 Å². The number of methoxy groups -OCH3 is 1. The molecule has 0 saturated heterocycles. The van der Waals surface area contributed by atoms with E-state index in [4.69, 9.17) is 14.2 Å². The fourth-order valence-corrected chi connectivity index (χ4v) is 3.00. The van der Waals surface area contributed by atoms with Gasteiger partial charge in [0.25, 0.3) is 0 Å². The Morgan fingerprint density at radius 2 is 1.71 bits per heavy atom. The maximum Gasteiger partial charge on any atom is 0.161 e. The average Bonchev–Trinajstić information content (AvgIpc) is 2.82. The molecule has 0 aliphatic rings. The van der Waals surface area contributed by atoms with Crippen LogP contribution in [0.25, 0.3) is 0 Å². The molecule has 0 unspecified atom stereocenters. The fourth-order valence-electron chi connectivity index (χ4n) is 3.00. The molecule has 31 heavy (non-hydrogen) atoms. The third-order valence-corrected chi connectivity index (χ3v) is 4.56. The lowest BCUT2D eigenvalue weighted by molar-refractivity contribution is 0.269. The molecule has 0 bridgehead atoms. The predicted octanol–water partition coefficient (Wildman–Crippen LogP) is 4.67. The molecule has 6 heteroatoms. The summed E-state index contributed by atoms with van der Waals surface area (Å²) in [5.41, 5.74) is 6.37. The zero-order valence-electron chi connectivity index (χ0n) is 17.7. The smallest absolute Gasteiger partial charge is 0.161 e. The lowest BCUT2D eigenvalue weighted by Gasteiger charge is -2.13. The number of nitrogens with one attached hydrogen (secondary N) is 1. The highest BCUT2D eigenvalue weighted by Crippen LogP contribution is 2.29. The van der Waals surface area contributed by atoms with E-state index < -0.39 is 0 Å². The molecular formula is C25H25N3O3. The molecule has 6 nitrogen and oxygen atoms in total. The third kappa shape index (κ3) is 6.00. The Morgan fingerprint density at radius 1 is 0.935 bits per heavy atom. The molecule has 0 fully saturated rings. The summed E-state index contributed by atoms with van der Waals surface area (Å²) < 4.78 is 17.0. The second-order valence-electron chi connectivity index (χ2n) is 6.60. The second-order valence-corrected chi connectivity index (χ2v) is 6.60. The molecule has 3 aromatic rings. The van der Waals surface area contributed by atoms with E-state index in [0.717, 1.165) is 22.4 Å². The summed E-state index contributed by atoms with van der Waals surface area (Å²) >= 11 is 0. The molecule has 0 saturated carbocycles. The highest BCUT2D eigenvalue weighted by molar-refractivity contribution is 5.80. The van der Waals surface area contributed by atoms with Crippen LogP contribution >= 0.6 is 0 Å². The molecule has 1 N–H and O–H groups in total. The van der Waals surface area contributed by atoms with Crippen molar-refractivity contribution in [2.45, 2.75) is 20.1 Å². The summed E-state index contributed by atoms with van der Waals surface area (Å²) in [5, 5.41) is 13.5. The van der Waals surface area contributed by atoms with Gasteiger partial charge in [-0.05, 0) is 42.8 Å². The SMILES string of the molecule is CCOc1cc(/C=N/NCc2ccccc2OC)ccc1OCc1ccccc1C#N. The minimum Gasteiger partial charge on any atom is -0.496 e. The van der Waals surface area contributed by atoms with Crippen molar-refractivity contribution in [1.29, 1.82) is 5.26 Å². The van der Waals surface area contributed by atoms with Crippen molar-refractivity contribution in [3.8, 4) is 23.3 Å². The Kier molecular flexibility index (Phi) is 7.90. The standard InChI is InChI=1S/C25H25N3O3/c1-3-30-25-14-19(16-27-28-17-21-9-6-7-11-23(21)29-2)12-13-24(25)31-18-22-10-5-4-8-20(22)15-26/h4-14,16,28H,3,17-18H2,1-2H3/b27-16+. The van der Waals surface area contributed by atoms with Gasteiger partial charge in [0.2, 0.25) is 0 Å². The molecule has 0 heterocycles. The Hall–Kier alpha value is -3.98. The predicted molar refractivity (Wildman–Crippen MR) is 121 cm³/mol. The summed E-state index contributed by atoms with van der Waals surface area (Å²) in [6.45, 7) is 3.28. The maximum absolute atomic E-state index is 9.24. The van der Waals surface area contributed by atoms with E-state index >= 15 is 0 Å². The summed E-state index contributed by atoms with van der Waals surface area (Å²) in [6.07, 6.45) is 1.73. The van der Waals surface area contributed by atoms with Gasteiger partial charge in [0.05, 0.1) is 38.1 Å². The lowest BCUT2D eigenvalue weighted by atomic mass is 10.1. The Bertz CT molecular complexity index is 1070. The topological polar surface area (TPSA) is 75.9 Å². The van der Waals surface area contributed by atoms with Crippen LogP contribution in [-0.4, -0.2) is 19.9 Å². The first-order chi connectivity index (χ1) is 15.2. The number of hydrogen-bond acceptors (Lipinski definition) is 6. The molecule has 3 aromatic carbocycles. The van der Waals surface area contributed by atoms with Crippen LogP contribution in [0.4, 0.5) is 0 Å². The zero-order valence-corrected chi connectivity index (χ0v) is 17.7. The van der Waals surface area contributed by atoms with Crippen LogP contribution in [0.5, 0.6) is 17.2 Å². The monoisotopic (exact) mass is 415 g/mol. The van der Waals surface area contributed by atoms with E-state index in [2.05, 4.69) is 16.6 Å². The quantitative estimate of drug-likeness (QED) is 0.385. The molecule has 0 atom stereocenters. The van der Waals surface area contributed by atoms with Gasteiger partial charge in [0.15, 0.2) is 11.5 Å². The number of para-hydroxylation sites is 1. The molecular weight excluding hydrogens is 390 g/mol. The van der Waals surface area contributed by atoms with Gasteiger partial charge in [-0.2, -0.15) is 10.4 Å². The van der Waals surface area contributed by atoms with Crippen molar-refractivity contribution >= 4 is 6.21 Å². The van der Waals surface area contributed by atoms with Crippen LogP contribution < -0.4 is 19.6 Å². The molecule has 0 aliphatic heterocycles. The first-order valence-corrected chi connectivity index (χ1v) is 10.0. The van der Waals surface area contributed by atoms with Crippen LogP contribution in [-0.2, 0) is 13.2 Å². The number of nitrogens with zero attached hydrogens (tertiary/aromatic N) is 2. The number of rotatable bonds is 10. The number of nitriles is 1. The van der Waals surface area contributed by atoms with Crippen LogP contribution in [0.15, 0.2) is 71.8 Å². The summed E-state index contributed by atoms with van der Waals surface area (Å²) in [5.74, 6) is 2.07. The number of ether oxygens (including phenoxy) is 3. The third-order valence-electron chi connectivity index (χ3n) is 4.56. The number of hydrogen-bond donors (Lipinski definition) is 1. The molecule has 158 valence electrons. The number of hydrazone groups is 1. The highest BCUT2D eigenvalue weighted by atomic mass is 16.5. The van der Waals surface area contributed by atoms with E-state index in [1.165, 1.54) is 0 Å². The van der Waals surface area contributed by atoms with Gasteiger partial charge in [0, 0.05) is 11.1 Å². The van der Waals surface area contributed by atoms with Crippen molar-refractivity contribution in [2.75, 3.05) is 13.7 Å². The van der Waals surface area contributed by atoms with Crippen molar-refractivity contribution in [2.24, 2.45) is 5.10 Å². The van der Waals surface area contributed by atoms with Crippen molar-refractivity contribution in [1.82, 2.24) is 5.43 Å². The zero-order chi connectivity index (χ0) is 21.9. The van der Waals surface area contributed by atoms with E-state index in [1.807, 2.05) is 67.6 Å². The summed E-state index contributed by atoms with van der Waals surface area (Å²) in [6, 6.07) is 23.0. The van der Waals surface area contributed by atoms with Crippen LogP contribution in [0.3, 0.4) is 0 Å². The van der Waals surface area contributed by atoms with E-state index in [0.29, 0.717) is 30.2 Å². The molecule has 0 aromatic heterocycles. The van der Waals surface area contributed by atoms with Gasteiger partial charge in [-0.3, -0.25) is 0 Å². The highest BCUT2D eigenvalue weighted by Gasteiger charge is 2.08. The maximum atomic E-state index is 9.24. The summed E-state index contributed by atoms with van der Waals surface area (Å²) in [7, 11) is 1.65. The van der Waals surface area contributed by atoms with Gasteiger partial charge in [0.1, 0.15) is 12.4 Å². The van der Waals surface area contributed by atoms with E-state index in [-0.39, 0.29) is 6.61 Å². The minimum absolute atomic E-state index is 0.289. The Balaban J connectivity index is 1.65. The number of benzene rings is 3. The molecule has 0 spiro atoms. The van der Waals surface area contributed by atoms with Gasteiger partial charge in [-0.15, -0.1) is 0 Å². The Morgan fingerprint density at radius 3 is 2.48 bits per heavy atom. The second kappa shape index (κ2) is 11.3. The van der Waals surface area contributed by atoms with Crippen molar-refractivity contribution < 1.29 is 14.2 Å². The molecule has 0 aliphatic carbocycles. The fraction of sp³-hybridized carbons (Fsp3) is 0.200. The van der Waals surface area contributed by atoms with Crippen molar-refractivity contribution in [3.63, 3.8) is 0 Å². The minimum atomic E-state index is 0.289. The molecule has 0 radical (unpaired) electrons. The Labute approximate surface area is 182 Å². The van der Waals surface area contributed by atoms with Gasteiger partial charge < -0.3 is 19.6 Å². The van der Waals surface area contributed by atoms with E-state index in [9.17, 15) is 5.26 Å². The van der Waals surface area contributed by atoms with Crippen LogP contribution in [0.1, 0.15) is 29.2 Å². The van der Waals surface area contributed by atoms with Crippen molar-refractivity contribution in [3.05, 3.63) is 89.0 Å². The largest absolute Gasteiger partial charge is 0.496 e. The van der Waals surface area contributed by atoms with E-state index in [1.54, 1.807) is 19.4 Å². The molecule has 3 rings (SSSR count).